The van der Waals surface area contributed by atoms with Crippen molar-refractivity contribution in [2.75, 3.05) is 6.54 Å². The summed E-state index contributed by atoms with van der Waals surface area (Å²) in [7, 11) is 0. The molecule has 1 saturated carbocycles. The van der Waals surface area contributed by atoms with E-state index in [2.05, 4.69) is 56.4 Å². The Bertz CT molecular complexity index is 717. The van der Waals surface area contributed by atoms with Gasteiger partial charge in [0.15, 0.2) is 0 Å². The van der Waals surface area contributed by atoms with E-state index in [1.165, 1.54) is 48.1 Å². The van der Waals surface area contributed by atoms with E-state index in [1.54, 1.807) is 11.3 Å². The van der Waals surface area contributed by atoms with Crippen LogP contribution in [-0.2, 0) is 0 Å². The lowest BCUT2D eigenvalue weighted by atomic mass is 9.84. The van der Waals surface area contributed by atoms with Crippen molar-refractivity contribution < 1.29 is 4.79 Å². The van der Waals surface area contributed by atoms with Crippen LogP contribution in [0.3, 0.4) is 0 Å². The van der Waals surface area contributed by atoms with Crippen LogP contribution in [0.5, 0.6) is 0 Å². The molecule has 1 fully saturated rings. The van der Waals surface area contributed by atoms with Gasteiger partial charge in [0.2, 0.25) is 0 Å². The van der Waals surface area contributed by atoms with E-state index in [0.29, 0.717) is 0 Å². The number of benzene rings is 1. The molecule has 1 N–H and O–H groups in total. The Morgan fingerprint density at radius 3 is 2.38 bits per heavy atom. The Kier molecular flexibility index (Phi) is 6.18. The molecule has 1 aliphatic rings. The van der Waals surface area contributed by atoms with Crippen molar-refractivity contribution in [1.82, 2.24) is 5.32 Å². The number of amides is 1. The Morgan fingerprint density at radius 2 is 1.73 bits per heavy atom. The summed E-state index contributed by atoms with van der Waals surface area (Å²) in [4.78, 5) is 14.3. The average Bonchev–Trinajstić information content (AvgIpc) is 3.12. The molecule has 26 heavy (non-hydrogen) atoms. The third-order valence-electron chi connectivity index (χ3n) is 5.26. The molecule has 2 nitrogen and oxygen atoms in total. The monoisotopic (exact) mass is 369 g/mol. The van der Waals surface area contributed by atoms with E-state index in [4.69, 9.17) is 0 Å². The van der Waals surface area contributed by atoms with Crippen molar-refractivity contribution >= 4 is 17.2 Å². The topological polar surface area (TPSA) is 29.1 Å². The number of rotatable bonds is 5. The second-order valence-electron chi connectivity index (χ2n) is 8.69. The van der Waals surface area contributed by atoms with Gasteiger partial charge in [-0.25, -0.2) is 0 Å². The van der Waals surface area contributed by atoms with Gasteiger partial charge in [-0.3, -0.25) is 4.79 Å². The molecule has 0 atom stereocenters. The lowest BCUT2D eigenvalue weighted by molar-refractivity contribution is 0.0953. The van der Waals surface area contributed by atoms with Gasteiger partial charge in [-0.15, -0.1) is 11.3 Å². The zero-order valence-electron chi connectivity index (χ0n) is 16.3. The minimum absolute atomic E-state index is 0.0457. The highest BCUT2D eigenvalue weighted by atomic mass is 32.1. The summed E-state index contributed by atoms with van der Waals surface area (Å²) in [5.41, 5.74) is 2.93. The van der Waals surface area contributed by atoms with E-state index in [0.717, 1.165) is 23.8 Å². The van der Waals surface area contributed by atoms with Crippen molar-refractivity contribution in [3.63, 3.8) is 0 Å². The maximum absolute atomic E-state index is 12.3. The predicted molar refractivity (Wildman–Crippen MR) is 112 cm³/mol. The molecule has 0 spiro atoms. The molecule has 2 aromatic rings. The van der Waals surface area contributed by atoms with Crippen LogP contribution < -0.4 is 5.32 Å². The highest BCUT2D eigenvalue weighted by Gasteiger charge is 2.16. The van der Waals surface area contributed by atoms with Crippen LogP contribution in [0.1, 0.15) is 80.4 Å². The van der Waals surface area contributed by atoms with Crippen molar-refractivity contribution in [2.45, 2.75) is 65.2 Å². The molecule has 1 heterocycles. The second kappa shape index (κ2) is 8.39. The summed E-state index contributed by atoms with van der Waals surface area (Å²) in [6.07, 6.45) is 7.77. The fourth-order valence-electron chi connectivity index (χ4n) is 3.61. The van der Waals surface area contributed by atoms with E-state index < -0.39 is 0 Å². The number of nitrogens with one attached hydrogen (secondary N) is 1. The summed E-state index contributed by atoms with van der Waals surface area (Å²) >= 11 is 1.58. The predicted octanol–water partition coefficient (Wildman–Crippen LogP) is 6.63. The van der Waals surface area contributed by atoms with E-state index in [-0.39, 0.29) is 11.3 Å². The molecule has 1 amide bonds. The number of carbonyl (C=O) groups excluding carboxylic acids is 1. The van der Waals surface area contributed by atoms with Gasteiger partial charge in [0.1, 0.15) is 0 Å². The summed E-state index contributed by atoms with van der Waals surface area (Å²) < 4.78 is 0. The summed E-state index contributed by atoms with van der Waals surface area (Å²) in [6, 6.07) is 13.0. The zero-order chi connectivity index (χ0) is 18.6. The Balaban J connectivity index is 1.61. The first-order valence-corrected chi connectivity index (χ1v) is 10.7. The fourth-order valence-corrected chi connectivity index (χ4v) is 4.54. The molecule has 0 unspecified atom stereocenters. The Hall–Kier alpha value is -1.61. The molecule has 0 aliphatic heterocycles. The molecule has 1 aliphatic carbocycles. The average molecular weight is 370 g/mol. The molecule has 0 radical (unpaired) electrons. The van der Waals surface area contributed by atoms with Crippen LogP contribution in [0.2, 0.25) is 0 Å². The lowest BCUT2D eigenvalue weighted by Gasteiger charge is -2.22. The molecular weight excluding hydrogens is 338 g/mol. The van der Waals surface area contributed by atoms with E-state index in [1.807, 2.05) is 6.07 Å². The molecule has 140 valence electrons. The number of hydrogen-bond donors (Lipinski definition) is 1. The normalized spacial score (nSPS) is 15.8. The lowest BCUT2D eigenvalue weighted by Crippen LogP contribution is -2.26. The highest BCUT2D eigenvalue weighted by Crippen LogP contribution is 2.34. The first-order chi connectivity index (χ1) is 12.4. The standard InChI is InChI=1S/C23H31NOS/c1-23(2,3)15-16-24-22(25)21-14-13-20(26-21)19-11-9-18(10-12-19)17-7-5-4-6-8-17/h9-14,17H,4-8,15-16H2,1-3H3,(H,24,25). The number of thiophene rings is 1. The minimum atomic E-state index is 0.0457. The van der Waals surface area contributed by atoms with Gasteiger partial charge in [0.05, 0.1) is 4.88 Å². The van der Waals surface area contributed by atoms with Crippen LogP contribution >= 0.6 is 11.3 Å². The van der Waals surface area contributed by atoms with Gasteiger partial charge in [0.25, 0.3) is 5.91 Å². The first kappa shape index (κ1) is 19.2. The van der Waals surface area contributed by atoms with Gasteiger partial charge in [-0.1, -0.05) is 64.3 Å². The fraction of sp³-hybridized carbons (Fsp3) is 0.522. The van der Waals surface area contributed by atoms with Gasteiger partial charge in [-0.2, -0.15) is 0 Å². The Labute approximate surface area is 162 Å². The van der Waals surface area contributed by atoms with Crippen LogP contribution in [0.4, 0.5) is 0 Å². The SMILES string of the molecule is CC(C)(C)CCNC(=O)c1ccc(-c2ccc(C3CCCCC3)cc2)s1. The van der Waals surface area contributed by atoms with Crippen molar-refractivity contribution in [2.24, 2.45) is 5.41 Å². The molecule has 0 bridgehead atoms. The van der Waals surface area contributed by atoms with E-state index in [9.17, 15) is 4.79 Å². The Morgan fingerprint density at radius 1 is 1.04 bits per heavy atom. The number of hydrogen-bond acceptors (Lipinski definition) is 2. The van der Waals surface area contributed by atoms with Gasteiger partial charge < -0.3 is 5.32 Å². The third-order valence-corrected chi connectivity index (χ3v) is 6.40. The maximum atomic E-state index is 12.3. The largest absolute Gasteiger partial charge is 0.351 e. The van der Waals surface area contributed by atoms with Crippen molar-refractivity contribution in [1.29, 1.82) is 0 Å². The highest BCUT2D eigenvalue weighted by molar-refractivity contribution is 7.17. The molecule has 3 heteroatoms. The van der Waals surface area contributed by atoms with Gasteiger partial charge >= 0.3 is 0 Å². The number of carbonyl (C=O) groups is 1. The maximum Gasteiger partial charge on any atom is 0.261 e. The van der Waals surface area contributed by atoms with Crippen LogP contribution in [0.15, 0.2) is 36.4 Å². The van der Waals surface area contributed by atoms with Crippen molar-refractivity contribution in [3.05, 3.63) is 46.8 Å². The van der Waals surface area contributed by atoms with Crippen LogP contribution in [0, 0.1) is 5.41 Å². The minimum Gasteiger partial charge on any atom is -0.351 e. The smallest absolute Gasteiger partial charge is 0.261 e. The molecule has 0 saturated heterocycles. The molecule has 1 aromatic heterocycles. The summed E-state index contributed by atoms with van der Waals surface area (Å²) in [6.45, 7) is 7.31. The van der Waals surface area contributed by atoms with Gasteiger partial charge in [0, 0.05) is 11.4 Å². The van der Waals surface area contributed by atoms with Crippen LogP contribution in [-0.4, -0.2) is 12.5 Å². The quantitative estimate of drug-likeness (QED) is 0.629. The third kappa shape index (κ3) is 5.20. The van der Waals surface area contributed by atoms with Gasteiger partial charge in [-0.05, 0) is 53.9 Å². The molecule has 1 aromatic carbocycles. The van der Waals surface area contributed by atoms with Crippen LogP contribution in [0.25, 0.3) is 10.4 Å². The molecular formula is C23H31NOS. The van der Waals surface area contributed by atoms with E-state index >= 15 is 0 Å². The first-order valence-electron chi connectivity index (χ1n) is 9.91. The van der Waals surface area contributed by atoms with Crippen molar-refractivity contribution in [3.8, 4) is 10.4 Å². The summed E-state index contributed by atoms with van der Waals surface area (Å²) in [5.74, 6) is 0.787. The second-order valence-corrected chi connectivity index (χ2v) is 9.77. The summed E-state index contributed by atoms with van der Waals surface area (Å²) in [5, 5.41) is 3.04. The zero-order valence-corrected chi connectivity index (χ0v) is 17.1. The molecule has 3 rings (SSSR count).